The third kappa shape index (κ3) is 5.52. The van der Waals surface area contributed by atoms with Gasteiger partial charge in [-0.25, -0.2) is 9.55 Å². The zero-order chi connectivity index (χ0) is 25.2. The summed E-state index contributed by atoms with van der Waals surface area (Å²) in [6.07, 6.45) is 5.29. The predicted molar refractivity (Wildman–Crippen MR) is 129 cm³/mol. The molecule has 0 fully saturated rings. The molecule has 2 amide bonds. The van der Waals surface area contributed by atoms with Crippen LogP contribution < -0.4 is 4.90 Å². The molecule has 0 radical (unpaired) electrons. The van der Waals surface area contributed by atoms with Crippen molar-refractivity contribution < 1.29 is 32.5 Å². The lowest BCUT2D eigenvalue weighted by Crippen LogP contribution is -2.37. The maximum Gasteiger partial charge on any atom is 0.473 e. The molecule has 1 N–H and O–H groups in total. The van der Waals surface area contributed by atoms with Crippen molar-refractivity contribution in [3.05, 3.63) is 65.1 Å². The van der Waals surface area contributed by atoms with Crippen molar-refractivity contribution in [2.75, 3.05) is 25.8 Å². The number of para-hydroxylation sites is 1. The van der Waals surface area contributed by atoms with Crippen LogP contribution in [0.15, 0.2) is 47.0 Å². The molecular formula is C24H26N3O7P. The van der Waals surface area contributed by atoms with Crippen LogP contribution in [0.25, 0.3) is 17.0 Å². The van der Waals surface area contributed by atoms with Gasteiger partial charge < -0.3 is 14.2 Å². The number of hydrogen-bond donors (Lipinski definition) is 1. The van der Waals surface area contributed by atoms with E-state index in [9.17, 15) is 19.0 Å². The number of furan rings is 1. The molecule has 184 valence electrons. The highest BCUT2D eigenvalue weighted by molar-refractivity contribution is 7.47. The average molecular weight is 499 g/mol. The Kier molecular flexibility index (Phi) is 7.18. The smallest absolute Gasteiger partial charge is 0.459 e. The summed E-state index contributed by atoms with van der Waals surface area (Å²) >= 11 is 0. The van der Waals surface area contributed by atoms with Crippen LogP contribution in [0.4, 0.5) is 5.82 Å². The number of rotatable bonds is 8. The van der Waals surface area contributed by atoms with E-state index in [-0.39, 0.29) is 18.2 Å². The highest BCUT2D eigenvalue weighted by Crippen LogP contribution is 2.42. The van der Waals surface area contributed by atoms with Gasteiger partial charge in [0.25, 0.3) is 0 Å². The molecule has 0 aliphatic carbocycles. The van der Waals surface area contributed by atoms with Gasteiger partial charge in [0.15, 0.2) is 0 Å². The minimum absolute atomic E-state index is 0.201. The molecule has 3 heterocycles. The molecule has 0 saturated heterocycles. The minimum atomic E-state index is -4.24. The number of fused-ring (bicyclic) bond motifs is 2. The van der Waals surface area contributed by atoms with Crippen molar-refractivity contribution in [2.45, 2.75) is 26.3 Å². The molecule has 2 aromatic heterocycles. The van der Waals surface area contributed by atoms with Crippen LogP contribution in [-0.2, 0) is 36.2 Å². The molecule has 1 aliphatic heterocycles. The lowest BCUT2D eigenvalue weighted by molar-refractivity contribution is -0.125. The van der Waals surface area contributed by atoms with Gasteiger partial charge in [-0.15, -0.1) is 0 Å². The summed E-state index contributed by atoms with van der Waals surface area (Å²) in [5.41, 5.74) is 3.25. The number of benzene rings is 1. The topological polar surface area (TPSA) is 122 Å². The number of likely N-dealkylation sites (N-methyl/N-ethyl adjacent to an activating group) is 1. The van der Waals surface area contributed by atoms with Crippen LogP contribution in [0.2, 0.25) is 0 Å². The molecule has 1 aliphatic rings. The van der Waals surface area contributed by atoms with Gasteiger partial charge in [0, 0.05) is 43.8 Å². The molecule has 10 nitrogen and oxygen atoms in total. The van der Waals surface area contributed by atoms with E-state index < -0.39 is 14.6 Å². The van der Waals surface area contributed by atoms with Crippen molar-refractivity contribution in [3.63, 3.8) is 0 Å². The van der Waals surface area contributed by atoms with Gasteiger partial charge in [-0.3, -0.25) is 23.5 Å². The monoisotopic (exact) mass is 499 g/mol. The zero-order valence-corrected chi connectivity index (χ0v) is 20.5. The van der Waals surface area contributed by atoms with E-state index in [0.717, 1.165) is 35.0 Å². The largest absolute Gasteiger partial charge is 0.473 e. The molecule has 1 unspecified atom stereocenters. The molecule has 1 aromatic carbocycles. The number of anilines is 1. The van der Waals surface area contributed by atoms with Gasteiger partial charge in [-0.1, -0.05) is 18.2 Å². The fourth-order valence-corrected chi connectivity index (χ4v) is 4.18. The Hall–Kier alpha value is -3.30. The Balaban J connectivity index is 1.44. The summed E-state index contributed by atoms with van der Waals surface area (Å²) in [6, 6.07) is 9.57. The summed E-state index contributed by atoms with van der Waals surface area (Å²) < 4.78 is 26.7. The molecule has 35 heavy (non-hydrogen) atoms. The van der Waals surface area contributed by atoms with Crippen LogP contribution in [0, 0.1) is 6.92 Å². The SMILES string of the molecule is COP(=O)(O)OCN1C(=O)CCc2cc(/C=C/C(=O)N(C)Cc3oc4ccccc4c3C)cnc21. The molecule has 0 saturated carbocycles. The number of hydrogen-bond acceptors (Lipinski definition) is 7. The van der Waals surface area contributed by atoms with Crippen molar-refractivity contribution >= 4 is 42.5 Å². The molecule has 11 heteroatoms. The van der Waals surface area contributed by atoms with Gasteiger partial charge in [0.2, 0.25) is 11.8 Å². The number of phosphoric acid groups is 1. The van der Waals surface area contributed by atoms with E-state index in [1.807, 2.05) is 37.3 Å². The number of carbonyl (C=O) groups is 2. The van der Waals surface area contributed by atoms with Crippen LogP contribution in [0.3, 0.4) is 0 Å². The predicted octanol–water partition coefficient (Wildman–Crippen LogP) is 3.81. The number of carbonyl (C=O) groups excluding carboxylic acids is 2. The second kappa shape index (κ2) is 10.1. The first-order valence-corrected chi connectivity index (χ1v) is 12.4. The quantitative estimate of drug-likeness (QED) is 0.367. The second-order valence-corrected chi connectivity index (χ2v) is 9.72. The van der Waals surface area contributed by atoms with Crippen LogP contribution in [0.5, 0.6) is 0 Å². The first-order chi connectivity index (χ1) is 16.7. The van der Waals surface area contributed by atoms with Gasteiger partial charge in [-0.05, 0) is 42.7 Å². The first kappa shape index (κ1) is 24.8. The normalized spacial score (nSPS) is 15.4. The van der Waals surface area contributed by atoms with E-state index in [4.69, 9.17) is 8.94 Å². The third-order valence-electron chi connectivity index (χ3n) is 5.83. The number of aryl methyl sites for hydroxylation is 2. The number of amides is 2. The molecular weight excluding hydrogens is 473 g/mol. The first-order valence-electron chi connectivity index (χ1n) is 10.9. The lowest BCUT2D eigenvalue weighted by atomic mass is 10.0. The van der Waals surface area contributed by atoms with E-state index in [1.165, 1.54) is 17.2 Å². The maximum absolute atomic E-state index is 12.7. The van der Waals surface area contributed by atoms with Gasteiger partial charge in [0.05, 0.1) is 6.54 Å². The van der Waals surface area contributed by atoms with Crippen molar-refractivity contribution in [2.24, 2.45) is 0 Å². The zero-order valence-electron chi connectivity index (χ0n) is 19.6. The Labute approximate surface area is 202 Å². The fraction of sp³-hybridized carbons (Fsp3) is 0.292. The molecule has 0 bridgehead atoms. The summed E-state index contributed by atoms with van der Waals surface area (Å²) in [5, 5.41) is 1.03. The van der Waals surface area contributed by atoms with Gasteiger partial charge >= 0.3 is 7.82 Å². The number of pyridine rings is 1. The Morgan fingerprint density at radius 1 is 1.34 bits per heavy atom. The van der Waals surface area contributed by atoms with Crippen molar-refractivity contribution in [1.29, 1.82) is 0 Å². The fourth-order valence-electron chi connectivity index (χ4n) is 3.81. The maximum atomic E-state index is 12.7. The van der Waals surface area contributed by atoms with E-state index in [0.29, 0.717) is 24.3 Å². The molecule has 1 atom stereocenters. The molecule has 4 rings (SSSR count). The number of phosphoric ester groups is 1. The molecule has 0 spiro atoms. The summed E-state index contributed by atoms with van der Waals surface area (Å²) in [6.45, 7) is 1.85. The summed E-state index contributed by atoms with van der Waals surface area (Å²) in [5.74, 6) is 0.602. The van der Waals surface area contributed by atoms with Gasteiger partial charge in [0.1, 0.15) is 23.9 Å². The van der Waals surface area contributed by atoms with Crippen molar-refractivity contribution in [1.82, 2.24) is 9.88 Å². The summed E-state index contributed by atoms with van der Waals surface area (Å²) in [7, 11) is -1.49. The van der Waals surface area contributed by atoms with Crippen LogP contribution >= 0.6 is 7.82 Å². The standard InChI is InChI=1S/C24H26N3O7P/c1-16-19-6-4-5-7-20(19)34-21(16)14-26(2)22(28)10-8-17-12-18-9-11-23(29)27(24(18)25-13-17)15-33-35(30,31)32-3/h4-8,10,12-13H,9,11,14-15H2,1-3H3,(H,30,31)/b10-8+. The minimum Gasteiger partial charge on any atom is -0.459 e. The van der Waals surface area contributed by atoms with Crippen LogP contribution in [-0.4, -0.2) is 47.5 Å². The lowest BCUT2D eigenvalue weighted by Gasteiger charge is -2.28. The average Bonchev–Trinajstić information content (AvgIpc) is 3.16. The molecule has 3 aromatic rings. The van der Waals surface area contributed by atoms with E-state index >= 15 is 0 Å². The van der Waals surface area contributed by atoms with E-state index in [2.05, 4.69) is 9.51 Å². The third-order valence-corrected chi connectivity index (χ3v) is 6.73. The Bertz CT molecular complexity index is 1350. The Morgan fingerprint density at radius 3 is 2.86 bits per heavy atom. The summed E-state index contributed by atoms with van der Waals surface area (Å²) in [4.78, 5) is 41.5. The number of aromatic nitrogens is 1. The van der Waals surface area contributed by atoms with Crippen molar-refractivity contribution in [3.8, 4) is 0 Å². The second-order valence-electron chi connectivity index (χ2n) is 8.16. The highest BCUT2D eigenvalue weighted by Gasteiger charge is 2.29. The highest BCUT2D eigenvalue weighted by atomic mass is 31.2. The van der Waals surface area contributed by atoms with Gasteiger partial charge in [-0.2, -0.15) is 0 Å². The Morgan fingerprint density at radius 2 is 2.11 bits per heavy atom. The van der Waals surface area contributed by atoms with E-state index in [1.54, 1.807) is 18.0 Å². The van der Waals surface area contributed by atoms with Crippen LogP contribution in [0.1, 0.15) is 28.9 Å². The number of nitrogens with zero attached hydrogens (tertiary/aromatic N) is 3.